The molecule has 0 fully saturated rings. The number of hydrogen-bond donors (Lipinski definition) is 9. The molecule has 18 N–H and O–H groups in total. The van der Waals surface area contributed by atoms with Crippen LogP contribution in [0.5, 0.6) is 0 Å². The van der Waals surface area contributed by atoms with Crippen LogP contribution < -0.4 is 66.9 Å². The zero-order valence-electron chi connectivity index (χ0n) is 38.5. The van der Waals surface area contributed by atoms with E-state index in [0.29, 0.717) is 0 Å². The van der Waals surface area contributed by atoms with Crippen LogP contribution in [0.2, 0.25) is 0 Å². The first-order valence-electron chi connectivity index (χ1n) is 19.9. The van der Waals surface area contributed by atoms with E-state index in [1.54, 1.807) is 0 Å². The van der Waals surface area contributed by atoms with Gasteiger partial charge in [0, 0.05) is 96.1 Å². The van der Waals surface area contributed by atoms with Gasteiger partial charge in [-0.05, 0) is 0 Å². The number of carbonyl (C=O) groups is 3. The van der Waals surface area contributed by atoms with Crippen molar-refractivity contribution in [3.63, 3.8) is 0 Å². The Morgan fingerprint density at radius 3 is 0.507 bits per heavy atom. The molecule has 46 heteroatoms. The third-order valence-corrected chi connectivity index (χ3v) is 28.3. The normalized spacial score (nSPS) is 14.5. The Morgan fingerprint density at radius 2 is 0.411 bits per heavy atom. The zero-order chi connectivity index (χ0) is 57.5. The molecule has 3 atom stereocenters. The molecule has 1 radical (unpaired) electrons. The van der Waals surface area contributed by atoms with Crippen LogP contribution in [0.1, 0.15) is 19.3 Å². The average Bonchev–Trinajstić information content (AvgIpc) is 3.16. The Bertz CT molecular complexity index is 2400. The second-order valence-electron chi connectivity index (χ2n) is 13.9. The molecule has 0 aliphatic rings. The Balaban J connectivity index is -0.000000486. The summed E-state index contributed by atoms with van der Waals surface area (Å²) in [6, 6.07) is 0. The smallest absolute Gasteiger partial charge is 0.550 e. The number of carboxylic acids is 3. The number of sulfone groups is 3. The van der Waals surface area contributed by atoms with E-state index >= 15 is 0 Å². The van der Waals surface area contributed by atoms with Gasteiger partial charge in [0.05, 0.1) is 51.8 Å². The van der Waals surface area contributed by atoms with E-state index < -0.39 is 254 Å². The molecule has 0 bridgehead atoms. The Labute approximate surface area is 436 Å². The van der Waals surface area contributed by atoms with E-state index in [9.17, 15) is 105 Å². The van der Waals surface area contributed by atoms with Gasteiger partial charge in [-0.25, -0.2) is 75.8 Å². The molecule has 0 aromatic rings. The maximum absolute atomic E-state index is 12.2. The minimum Gasteiger partial charge on any atom is -0.550 e. The molecule has 0 heterocycles. The molecule has 0 saturated carbocycles. The van der Waals surface area contributed by atoms with E-state index in [1.165, 1.54) is 0 Å². The van der Waals surface area contributed by atoms with Gasteiger partial charge in [-0.3, -0.25) is 0 Å². The van der Waals surface area contributed by atoms with Crippen LogP contribution in [0.4, 0.5) is 0 Å². The SMILES string of the molecule is NCCS(=O)(=O)C(CC(=O)[O-])N(S(=O)(=O)CCN)S(=O)(=O)CCN.NCCS(=O)(=O)C(CC(=O)[O-])N(S(=O)(=O)CCN)S(=O)(=O)CCN.NCCS(=O)(=O)C(CC(=O)[O-])N(S(=O)(=O)CCN)S(=O)(=O)CCN.[Cr+3]. The molecule has 435 valence electrons. The number of rotatable bonds is 36. The number of carboxylic acid groups (broad SMARTS) is 3. The fourth-order valence-electron chi connectivity index (χ4n) is 5.35. The monoisotopic (exact) mass is 1280 g/mol. The standard InChI is InChI=1S/3C9H22N4O8S3.Cr/c3*10-1-4-22(16,17)8(7-9(14)15)13(23(18,19)5-2-11)24(20,21)6-3-12;/h3*8H,1-7,10-12H2,(H,14,15);/q;;;+3/p-3. The summed E-state index contributed by atoms with van der Waals surface area (Å²) in [5.74, 6) is -13.7. The second-order valence-corrected chi connectivity index (χ2v) is 33.2. The van der Waals surface area contributed by atoms with Gasteiger partial charge >= 0.3 is 17.4 Å². The Kier molecular flexibility index (Phi) is 35.4. The first-order valence-corrected chi connectivity index (χ1v) is 34.7. The molecule has 0 spiro atoms. The fraction of sp³-hybridized carbons (Fsp3) is 0.889. The molecule has 0 aliphatic carbocycles. The zero-order valence-corrected chi connectivity index (χ0v) is 47.1. The second kappa shape index (κ2) is 33.3. The maximum atomic E-state index is 12.2. The molecule has 0 rings (SSSR count). The van der Waals surface area contributed by atoms with Crippen molar-refractivity contribution in [2.24, 2.45) is 51.6 Å². The number of sulfonamides is 6. The summed E-state index contributed by atoms with van der Waals surface area (Å²) in [6.45, 7) is -4.44. The van der Waals surface area contributed by atoms with Crippen molar-refractivity contribution in [3.8, 4) is 0 Å². The minimum absolute atomic E-state index is 0. The van der Waals surface area contributed by atoms with Gasteiger partial charge in [-0.15, -0.1) is 0 Å². The van der Waals surface area contributed by atoms with Crippen LogP contribution in [-0.2, 0) is 121 Å². The molecule has 73 heavy (non-hydrogen) atoms. The largest absolute Gasteiger partial charge is 3.00 e. The molecule has 0 aliphatic heterocycles. The summed E-state index contributed by atoms with van der Waals surface area (Å²) >= 11 is 0. The van der Waals surface area contributed by atoms with Crippen LogP contribution in [0.15, 0.2) is 0 Å². The van der Waals surface area contributed by atoms with Gasteiger partial charge in [0.1, 0.15) is 16.1 Å². The van der Waals surface area contributed by atoms with Crippen LogP contribution in [0.25, 0.3) is 0 Å². The van der Waals surface area contributed by atoms with Crippen molar-refractivity contribution in [1.29, 1.82) is 0 Å². The van der Waals surface area contributed by atoms with E-state index in [-0.39, 0.29) is 28.5 Å². The van der Waals surface area contributed by atoms with Crippen molar-refractivity contribution in [2.45, 2.75) is 35.4 Å². The van der Waals surface area contributed by atoms with E-state index in [1.807, 2.05) is 0 Å². The van der Waals surface area contributed by atoms with E-state index in [0.717, 1.165) is 0 Å². The van der Waals surface area contributed by atoms with Crippen molar-refractivity contribution in [2.75, 3.05) is 111 Å². The Morgan fingerprint density at radius 1 is 0.288 bits per heavy atom. The first-order chi connectivity index (χ1) is 32.6. The molecular formula is C27H63CrN12O24S9. The number of nitrogens with two attached hydrogens (primary N) is 9. The number of hydrogen-bond acceptors (Lipinski definition) is 33. The summed E-state index contributed by atoms with van der Waals surface area (Å²) in [4.78, 5) is 32.6. The van der Waals surface area contributed by atoms with Crippen molar-refractivity contribution >= 4 is 108 Å². The topological polar surface area (TPSA) is 672 Å². The number of aliphatic carboxylic acids is 3. The van der Waals surface area contributed by atoms with Gasteiger partial charge in [-0.2, -0.15) is 0 Å². The molecular weight excluding hydrogens is 1220 g/mol. The summed E-state index contributed by atoms with van der Waals surface area (Å²) < 4.78 is 219. The van der Waals surface area contributed by atoms with Crippen LogP contribution in [0, 0.1) is 0 Å². The summed E-state index contributed by atoms with van der Waals surface area (Å²) in [6.07, 6.45) is -4.14. The van der Waals surface area contributed by atoms with Gasteiger partial charge in [0.15, 0.2) is 29.5 Å². The average molecular weight is 1280 g/mol. The first kappa shape index (κ1) is 77.5. The van der Waals surface area contributed by atoms with Crippen LogP contribution >= 0.6 is 0 Å². The molecule has 36 nitrogen and oxygen atoms in total. The maximum Gasteiger partial charge on any atom is 3.00 e. The quantitative estimate of drug-likeness (QED) is 0.0281. The van der Waals surface area contributed by atoms with Crippen LogP contribution in [-0.4, -0.2) is 232 Å². The molecule has 0 aromatic heterocycles. The number of carbonyl (C=O) groups excluding carboxylic acids is 3. The van der Waals surface area contributed by atoms with Crippen LogP contribution in [0.3, 0.4) is 0 Å². The molecule has 0 amide bonds. The summed E-state index contributed by atoms with van der Waals surface area (Å²) in [5.41, 5.74) is 46.0. The molecule has 0 saturated heterocycles. The van der Waals surface area contributed by atoms with E-state index in [4.69, 9.17) is 51.6 Å². The van der Waals surface area contributed by atoms with E-state index in [2.05, 4.69) is 0 Å². The predicted molar refractivity (Wildman–Crippen MR) is 251 cm³/mol. The summed E-state index contributed by atoms with van der Waals surface area (Å²) in [5, 5.41) is 25.3. The Hall–Kier alpha value is -1.99. The minimum atomic E-state index is -4.74. The van der Waals surface area contributed by atoms with Gasteiger partial charge in [-0.1, -0.05) is 11.1 Å². The third kappa shape index (κ3) is 25.8. The molecule has 3 unspecified atom stereocenters. The van der Waals surface area contributed by atoms with Gasteiger partial charge in [0.2, 0.25) is 60.1 Å². The predicted octanol–water partition coefficient (Wildman–Crippen LogP) is -15.9. The third-order valence-electron chi connectivity index (χ3n) is 8.08. The summed E-state index contributed by atoms with van der Waals surface area (Å²) in [7, 11) is -42.1. The van der Waals surface area contributed by atoms with Crippen molar-refractivity contribution < 1.29 is 123 Å². The fourth-order valence-corrected chi connectivity index (χ4v) is 24.8. The molecule has 0 aromatic carbocycles. The number of nitrogens with zero attached hydrogens (tertiary/aromatic N) is 3. The van der Waals surface area contributed by atoms with Crippen molar-refractivity contribution in [1.82, 2.24) is 11.1 Å². The van der Waals surface area contributed by atoms with Gasteiger partial charge in [0.25, 0.3) is 0 Å². The van der Waals surface area contributed by atoms with Crippen molar-refractivity contribution in [3.05, 3.63) is 0 Å². The van der Waals surface area contributed by atoms with Gasteiger partial charge < -0.3 is 81.3 Å².